The van der Waals surface area contributed by atoms with Crippen molar-refractivity contribution in [2.24, 2.45) is 0 Å². The van der Waals surface area contributed by atoms with E-state index in [4.69, 9.17) is 0 Å². The number of nitrogens with zero attached hydrogens (tertiary/aromatic N) is 2. The second kappa shape index (κ2) is 6.67. The van der Waals surface area contributed by atoms with Crippen LogP contribution in [0.25, 0.3) is 0 Å². The molecule has 112 valence electrons. The number of rotatable bonds is 5. The quantitative estimate of drug-likeness (QED) is 0.907. The summed E-state index contributed by atoms with van der Waals surface area (Å²) in [7, 11) is 0. The van der Waals surface area contributed by atoms with Crippen LogP contribution >= 0.6 is 11.5 Å². The van der Waals surface area contributed by atoms with E-state index in [-0.39, 0.29) is 0 Å². The van der Waals surface area contributed by atoms with Crippen LogP contribution < -0.4 is 5.32 Å². The van der Waals surface area contributed by atoms with Crippen LogP contribution in [0.5, 0.6) is 0 Å². The number of hydrogen-bond donors (Lipinski definition) is 1. The monoisotopic (exact) mass is 301 g/mol. The molecule has 0 fully saturated rings. The number of hydrogen-bond acceptors (Lipinski definition) is 4. The van der Waals surface area contributed by atoms with Gasteiger partial charge in [0.2, 0.25) is 0 Å². The van der Waals surface area contributed by atoms with Crippen molar-refractivity contribution in [3.05, 3.63) is 46.0 Å². The van der Waals surface area contributed by atoms with E-state index >= 15 is 0 Å². The molecule has 1 N–H and O–H groups in total. The Kier molecular flexibility index (Phi) is 4.66. The first-order valence-electron chi connectivity index (χ1n) is 7.89. The maximum absolute atomic E-state index is 4.19. The third-order valence-corrected chi connectivity index (χ3v) is 5.41. The van der Waals surface area contributed by atoms with Gasteiger partial charge in [0.1, 0.15) is 0 Å². The van der Waals surface area contributed by atoms with Gasteiger partial charge in [-0.25, -0.2) is 0 Å². The molecular weight excluding hydrogens is 278 g/mol. The van der Waals surface area contributed by atoms with E-state index in [0.29, 0.717) is 12.0 Å². The Balaban J connectivity index is 1.83. The molecule has 2 unspecified atom stereocenters. The van der Waals surface area contributed by atoms with Crippen LogP contribution in [0.4, 0.5) is 0 Å². The summed E-state index contributed by atoms with van der Waals surface area (Å²) in [5, 5.41) is 7.82. The van der Waals surface area contributed by atoms with E-state index in [1.165, 1.54) is 24.1 Å². The number of benzene rings is 1. The molecule has 3 rings (SSSR count). The zero-order valence-corrected chi connectivity index (χ0v) is 13.6. The molecule has 1 heterocycles. The van der Waals surface area contributed by atoms with Gasteiger partial charge in [-0.1, -0.05) is 35.7 Å². The largest absolute Gasteiger partial charge is 0.309 e. The molecule has 0 saturated carbocycles. The highest BCUT2D eigenvalue weighted by Crippen LogP contribution is 2.38. The summed E-state index contributed by atoms with van der Waals surface area (Å²) >= 11 is 1.54. The van der Waals surface area contributed by atoms with Crippen LogP contribution in [0.3, 0.4) is 0 Å². The Bertz CT molecular complexity index is 593. The van der Waals surface area contributed by atoms with E-state index in [0.717, 1.165) is 18.7 Å². The predicted octanol–water partition coefficient (Wildman–Crippen LogP) is 4.01. The number of fused-ring (bicyclic) bond motifs is 1. The van der Waals surface area contributed by atoms with Crippen LogP contribution in [-0.4, -0.2) is 16.1 Å². The first-order valence-corrected chi connectivity index (χ1v) is 8.67. The zero-order valence-electron chi connectivity index (χ0n) is 12.8. The standard InChI is InChI=1S/C17H23N3S/c1-3-18-16(17-12(2)19-20-21-17)11-14-9-6-8-13-7-4-5-10-15(13)14/h4-5,7,10,14,16,18H,3,6,8-9,11H2,1-2H3. The van der Waals surface area contributed by atoms with Crippen molar-refractivity contribution in [3.8, 4) is 0 Å². The Hall–Kier alpha value is -1.26. The van der Waals surface area contributed by atoms with Crippen LogP contribution in [0.15, 0.2) is 24.3 Å². The molecule has 0 aliphatic heterocycles. The minimum atomic E-state index is 0.381. The minimum Gasteiger partial charge on any atom is -0.309 e. The van der Waals surface area contributed by atoms with Gasteiger partial charge in [-0.05, 0) is 67.7 Å². The lowest BCUT2D eigenvalue weighted by atomic mass is 9.79. The molecular formula is C17H23N3S. The predicted molar refractivity (Wildman–Crippen MR) is 87.8 cm³/mol. The molecule has 1 aromatic heterocycles. The van der Waals surface area contributed by atoms with Gasteiger partial charge < -0.3 is 5.32 Å². The highest BCUT2D eigenvalue weighted by molar-refractivity contribution is 7.05. The Morgan fingerprint density at radius 2 is 2.24 bits per heavy atom. The van der Waals surface area contributed by atoms with Gasteiger partial charge in [0, 0.05) is 6.04 Å². The van der Waals surface area contributed by atoms with Gasteiger partial charge in [0.25, 0.3) is 0 Å². The van der Waals surface area contributed by atoms with Crippen molar-refractivity contribution in [1.29, 1.82) is 0 Å². The fourth-order valence-electron chi connectivity index (χ4n) is 3.47. The summed E-state index contributed by atoms with van der Waals surface area (Å²) in [5.74, 6) is 0.653. The van der Waals surface area contributed by atoms with Crippen molar-refractivity contribution in [1.82, 2.24) is 14.9 Å². The fourth-order valence-corrected chi connectivity index (χ4v) is 4.20. The zero-order chi connectivity index (χ0) is 14.7. The van der Waals surface area contributed by atoms with Crippen molar-refractivity contribution in [3.63, 3.8) is 0 Å². The van der Waals surface area contributed by atoms with Crippen molar-refractivity contribution in [2.45, 2.75) is 51.5 Å². The maximum atomic E-state index is 4.19. The first kappa shape index (κ1) is 14.7. The van der Waals surface area contributed by atoms with Gasteiger partial charge >= 0.3 is 0 Å². The van der Waals surface area contributed by atoms with Gasteiger partial charge in [-0.3, -0.25) is 0 Å². The molecule has 4 heteroatoms. The summed E-state index contributed by atoms with van der Waals surface area (Å²) in [5.41, 5.74) is 4.18. The third kappa shape index (κ3) is 3.16. The summed E-state index contributed by atoms with van der Waals surface area (Å²) < 4.78 is 4.11. The Morgan fingerprint density at radius 1 is 1.38 bits per heavy atom. The van der Waals surface area contributed by atoms with E-state index in [9.17, 15) is 0 Å². The second-order valence-corrected chi connectivity index (χ2v) is 6.64. The average Bonchev–Trinajstić information content (AvgIpc) is 2.93. The Morgan fingerprint density at radius 3 is 3.00 bits per heavy atom. The normalized spacial score (nSPS) is 19.2. The smallest absolute Gasteiger partial charge is 0.0772 e. The summed E-state index contributed by atoms with van der Waals surface area (Å²) in [6.07, 6.45) is 4.99. The topological polar surface area (TPSA) is 37.8 Å². The summed E-state index contributed by atoms with van der Waals surface area (Å²) in [4.78, 5) is 1.31. The molecule has 0 bridgehead atoms. The van der Waals surface area contributed by atoms with E-state index < -0.39 is 0 Å². The van der Waals surface area contributed by atoms with Crippen LogP contribution in [0.1, 0.15) is 59.8 Å². The molecule has 2 aromatic rings. The molecule has 1 aliphatic carbocycles. The molecule has 3 nitrogen and oxygen atoms in total. The number of nitrogens with one attached hydrogen (secondary N) is 1. The average molecular weight is 301 g/mol. The van der Waals surface area contributed by atoms with E-state index in [2.05, 4.69) is 53.0 Å². The lowest BCUT2D eigenvalue weighted by Crippen LogP contribution is -2.24. The number of aromatic nitrogens is 2. The highest BCUT2D eigenvalue weighted by atomic mass is 32.1. The molecule has 2 atom stereocenters. The first-order chi connectivity index (χ1) is 10.3. The van der Waals surface area contributed by atoms with Gasteiger partial charge in [0.05, 0.1) is 10.6 Å². The van der Waals surface area contributed by atoms with Crippen LogP contribution in [-0.2, 0) is 6.42 Å². The van der Waals surface area contributed by atoms with Crippen molar-refractivity contribution in [2.75, 3.05) is 6.54 Å². The van der Waals surface area contributed by atoms with E-state index in [1.807, 2.05) is 0 Å². The molecule has 0 radical (unpaired) electrons. The molecule has 1 aromatic carbocycles. The van der Waals surface area contributed by atoms with Gasteiger partial charge in [-0.2, -0.15) is 0 Å². The molecule has 1 aliphatic rings. The lowest BCUT2D eigenvalue weighted by molar-refractivity contribution is 0.429. The van der Waals surface area contributed by atoms with Crippen LogP contribution in [0.2, 0.25) is 0 Å². The molecule has 0 saturated heterocycles. The molecule has 21 heavy (non-hydrogen) atoms. The minimum absolute atomic E-state index is 0.381. The van der Waals surface area contributed by atoms with Crippen molar-refractivity contribution >= 4 is 11.5 Å². The van der Waals surface area contributed by atoms with E-state index in [1.54, 1.807) is 22.7 Å². The van der Waals surface area contributed by atoms with Gasteiger partial charge in [0.15, 0.2) is 0 Å². The second-order valence-electron chi connectivity index (χ2n) is 5.86. The van der Waals surface area contributed by atoms with Gasteiger partial charge in [-0.15, -0.1) is 5.10 Å². The third-order valence-electron chi connectivity index (χ3n) is 4.47. The summed E-state index contributed by atoms with van der Waals surface area (Å²) in [6, 6.07) is 9.34. The van der Waals surface area contributed by atoms with Crippen LogP contribution in [0, 0.1) is 6.92 Å². The summed E-state index contributed by atoms with van der Waals surface area (Å²) in [6.45, 7) is 5.22. The van der Waals surface area contributed by atoms with Crippen molar-refractivity contribution < 1.29 is 0 Å². The number of aryl methyl sites for hydroxylation is 2. The Labute approximate surface area is 131 Å². The highest BCUT2D eigenvalue weighted by Gasteiger charge is 2.25. The molecule has 0 spiro atoms. The molecule has 0 amide bonds. The maximum Gasteiger partial charge on any atom is 0.0772 e. The SMILES string of the molecule is CCNC(CC1CCCc2ccccc21)c1snnc1C. The fraction of sp³-hybridized carbons (Fsp3) is 0.529. The lowest BCUT2D eigenvalue weighted by Gasteiger charge is -2.29.